The van der Waals surface area contributed by atoms with Crippen molar-refractivity contribution in [2.75, 3.05) is 93.1 Å². The van der Waals surface area contributed by atoms with Gasteiger partial charge in [0.25, 0.3) is 0 Å². The third kappa shape index (κ3) is 50.3. The van der Waals surface area contributed by atoms with Gasteiger partial charge in [-0.3, -0.25) is 4.79 Å². The molecule has 0 bridgehead atoms. The normalized spacial score (nSPS) is 17.4. The minimum Gasteiger partial charge on any atom is -0.481 e. The molecule has 0 saturated carbocycles. The van der Waals surface area contributed by atoms with Gasteiger partial charge in [-0.15, -0.1) is 0 Å². The average molecular weight is 1670 g/mol. The number of carboxylic acid groups (broad SMARTS) is 1. The zero-order chi connectivity index (χ0) is 69.3. The summed E-state index contributed by atoms with van der Waals surface area (Å²) in [5, 5.41) is 9.76. The zero-order valence-corrected chi connectivity index (χ0v) is 75.0. The Morgan fingerprint density at radius 3 is 0.567 bits per heavy atom. The van der Waals surface area contributed by atoms with Gasteiger partial charge in [0.1, 0.15) is 0 Å². The smallest absolute Gasteiger partial charge is 0.304 e. The summed E-state index contributed by atoms with van der Waals surface area (Å²) >= 11 is 53.1. The second-order valence-electron chi connectivity index (χ2n) is 24.9. The summed E-state index contributed by atoms with van der Waals surface area (Å²) in [6.45, 7) is 48.6. The van der Waals surface area contributed by atoms with Crippen LogP contribution in [0.1, 0.15) is 159 Å². The fourth-order valence-corrected chi connectivity index (χ4v) is 40.8. The van der Waals surface area contributed by atoms with Gasteiger partial charge in [-0.05, 0) is 172 Å². The molecule has 90 heavy (non-hydrogen) atoms. The Hall–Kier alpha value is 5.91. The first-order valence-electron chi connectivity index (χ1n) is 30.6. The molecule has 0 amide bonds. The predicted molar refractivity (Wildman–Crippen MR) is 429 cm³/mol. The van der Waals surface area contributed by atoms with E-state index in [1.165, 1.54) is 79.7 Å². The van der Waals surface area contributed by atoms with Crippen molar-refractivity contribution in [2.45, 2.75) is 195 Å². The van der Waals surface area contributed by atoms with E-state index in [4.69, 9.17) is 146 Å². The van der Waals surface area contributed by atoms with E-state index in [1.54, 1.807) is 0 Å². The van der Waals surface area contributed by atoms with E-state index >= 15 is 0 Å². The third-order valence-electron chi connectivity index (χ3n) is 9.75. The van der Waals surface area contributed by atoms with E-state index in [0.717, 1.165) is 0 Å². The molecular weight excluding hydrogens is 1560 g/mol. The molecule has 0 spiro atoms. The van der Waals surface area contributed by atoms with Gasteiger partial charge < -0.3 is 68.4 Å². The molecular formula is C53H113O16P7S14. The Balaban J connectivity index is 7.08. The van der Waals surface area contributed by atoms with Crippen molar-refractivity contribution in [1.29, 1.82) is 0 Å². The van der Waals surface area contributed by atoms with Crippen LogP contribution in [0.4, 0.5) is 0 Å². The highest BCUT2D eigenvalue weighted by Crippen LogP contribution is 2.70. The molecule has 0 fully saturated rings. The maximum atomic E-state index is 11.9. The van der Waals surface area contributed by atoms with Gasteiger partial charge in [-0.25, -0.2) is 0 Å². The molecule has 0 aliphatic rings. The van der Waals surface area contributed by atoms with E-state index in [9.17, 15) is 9.90 Å². The molecule has 0 radical (unpaired) electrons. The molecule has 0 saturated heterocycles. The number of carboxylic acids is 1. The minimum absolute atomic E-state index is 0.153. The second-order valence-corrected chi connectivity index (χ2v) is 69.2. The first kappa shape index (κ1) is 95.9. The lowest BCUT2D eigenvalue weighted by molar-refractivity contribution is -0.136. The van der Waals surface area contributed by atoms with Gasteiger partial charge >= 0.3 is 5.97 Å². The molecule has 1 N–H and O–H groups in total. The molecule has 6 unspecified atom stereocenters. The summed E-state index contributed by atoms with van der Waals surface area (Å²) in [6.07, 6.45) is -2.96. The molecule has 0 aromatic heterocycles. The topological polar surface area (TPSA) is 167 Å². The van der Waals surface area contributed by atoms with Gasteiger partial charge in [0.2, 0.25) is 39.9 Å². The summed E-state index contributed by atoms with van der Waals surface area (Å²) < 4.78 is 91.0. The molecule has 0 aromatic carbocycles. The molecule has 0 aromatic rings. The average Bonchev–Trinajstić information content (AvgIpc) is 1.05. The highest BCUT2D eigenvalue weighted by atomic mass is 32.9. The highest BCUT2D eigenvalue weighted by molar-refractivity contribution is 8.70. The van der Waals surface area contributed by atoms with Crippen LogP contribution in [0.3, 0.4) is 0 Å². The van der Waals surface area contributed by atoms with Crippen molar-refractivity contribution < 1.29 is 73.2 Å². The Morgan fingerprint density at radius 2 is 0.422 bits per heavy atom. The minimum atomic E-state index is -3.29. The molecule has 0 aliphatic heterocycles. The van der Waals surface area contributed by atoms with Gasteiger partial charge in [0, 0.05) is 40.3 Å². The zero-order valence-electron chi connectivity index (χ0n) is 57.3. The molecule has 6 atom stereocenters. The van der Waals surface area contributed by atoms with Crippen LogP contribution < -0.4 is 0 Å². The van der Waals surface area contributed by atoms with Crippen molar-refractivity contribution >= 4 is 208 Å². The van der Waals surface area contributed by atoms with Gasteiger partial charge in [-0.2, -0.15) is 0 Å². The Kier molecular flexibility index (Phi) is 52.9. The Morgan fingerprint density at radius 1 is 0.278 bits per heavy atom. The lowest BCUT2D eigenvalue weighted by Gasteiger charge is -2.32. The second kappa shape index (κ2) is 49.6. The molecule has 0 rings (SSSR count). The van der Waals surface area contributed by atoms with Crippen molar-refractivity contribution in [2.24, 2.45) is 47.3 Å². The van der Waals surface area contributed by atoms with Gasteiger partial charge in [0.05, 0.1) is 95.9 Å². The van der Waals surface area contributed by atoms with Crippen LogP contribution >= 0.6 is 120 Å². The van der Waals surface area contributed by atoms with Crippen LogP contribution in [-0.2, 0) is 151 Å². The third-order valence-corrected chi connectivity index (χ3v) is 48.2. The van der Waals surface area contributed by atoms with Crippen molar-refractivity contribution in [3.63, 3.8) is 0 Å². The van der Waals surface area contributed by atoms with Crippen LogP contribution in [0.15, 0.2) is 0 Å². The van der Waals surface area contributed by atoms with Crippen LogP contribution in [0.2, 0.25) is 0 Å². The standard InChI is InChI=1S/C53H113O16P7S14/c1-39(2)25-56-70(77,57-26-40(3)4)85-33-47(17)66-75(82,67-48(18)34-86-71(78,58-27-41(5)6)59-28-42(7)8)89-37-51(21)64-74(81,84-24-23-53(54)55)65-52(22)38-90-76(83,68-49(19)35-87-72(79,60-29-43(9)10)61-30-44(11)12)69-50(20)36-88-73(80,62-31-45(13)14)63-32-46(15)16/h39-52H,23-38H2,1-22H3,(H,54,55). The number of hydrogen-bond acceptors (Lipinski definition) is 29. The Bertz CT molecular complexity index is 2020. The summed E-state index contributed by atoms with van der Waals surface area (Å²) in [5.74, 6) is 3.68. The summed E-state index contributed by atoms with van der Waals surface area (Å²) in [4.78, 5) is 11.9. The summed E-state index contributed by atoms with van der Waals surface area (Å²) in [5.41, 5.74) is -20.7. The molecule has 16 nitrogen and oxygen atoms in total. The fraction of sp³-hybridized carbons (Fsp3) is 0.981. The van der Waals surface area contributed by atoms with Gasteiger partial charge in [0.15, 0.2) is 0 Å². The fourth-order valence-electron chi connectivity index (χ4n) is 5.55. The summed E-state index contributed by atoms with van der Waals surface area (Å²) in [7, 11) is 0. The SMILES string of the molecule is CC(C)COP(=S)(OCC(C)C)SCC(C)OP(=S)(OC(C)CSP(=S)(OCC(C)C)OCC(C)C)SCC(C)OP(=S)(OC(C)CSP(=S)(OC(C)CSP(=S)(OCC(C)C)OCC(C)C)OC(C)CSP(=S)(OCC(C)C)OCC(C)C)SCCC(=O)O. The lowest BCUT2D eigenvalue weighted by Crippen LogP contribution is -2.18. The van der Waals surface area contributed by atoms with Crippen LogP contribution in [0.25, 0.3) is 0 Å². The predicted octanol–water partition coefficient (Wildman–Crippen LogP) is 22.0. The van der Waals surface area contributed by atoms with Gasteiger partial charge in [-0.1, -0.05) is 190 Å². The lowest BCUT2D eigenvalue weighted by atomic mass is 10.2. The first-order valence-corrected chi connectivity index (χ1v) is 60.2. The molecule has 540 valence electrons. The largest absolute Gasteiger partial charge is 0.481 e. The van der Waals surface area contributed by atoms with E-state index in [2.05, 4.69) is 111 Å². The van der Waals surface area contributed by atoms with Crippen LogP contribution in [0.5, 0.6) is 0 Å². The number of rotatable bonds is 58. The van der Waals surface area contributed by atoms with E-state index in [0.29, 0.717) is 87.4 Å². The molecule has 0 aliphatic carbocycles. The maximum Gasteiger partial charge on any atom is 0.304 e. The number of aliphatic carboxylic acids is 1. The van der Waals surface area contributed by atoms with Crippen molar-refractivity contribution in [3.05, 3.63) is 0 Å². The summed E-state index contributed by atoms with van der Waals surface area (Å²) in [6, 6.07) is 0. The van der Waals surface area contributed by atoms with E-state index < -0.39 is 82.4 Å². The van der Waals surface area contributed by atoms with Crippen molar-refractivity contribution in [1.82, 2.24) is 0 Å². The molecule has 37 heteroatoms. The molecule has 0 heterocycles. The van der Waals surface area contributed by atoms with Crippen molar-refractivity contribution in [3.8, 4) is 0 Å². The van der Waals surface area contributed by atoms with E-state index in [-0.39, 0.29) is 59.5 Å². The van der Waals surface area contributed by atoms with E-state index in [1.807, 2.05) is 41.5 Å². The highest BCUT2D eigenvalue weighted by Gasteiger charge is 2.36. The first-order chi connectivity index (χ1) is 41.4. The van der Waals surface area contributed by atoms with Crippen LogP contribution in [-0.4, -0.2) is 141 Å². The monoisotopic (exact) mass is 1670 g/mol. The van der Waals surface area contributed by atoms with Crippen LogP contribution in [0, 0.1) is 47.3 Å². The maximum absolute atomic E-state index is 11.9. The Labute approximate surface area is 610 Å². The quantitative estimate of drug-likeness (QED) is 0.0571. The number of carbonyl (C=O) groups is 1. The number of hydrogen-bond donors (Lipinski definition) is 1.